The Kier molecular flexibility index (Phi) is 2.49. The minimum atomic E-state index is 0.966. The van der Waals surface area contributed by atoms with Crippen molar-refractivity contribution in [2.45, 2.75) is 33.1 Å². The summed E-state index contributed by atoms with van der Waals surface area (Å²) in [6, 6.07) is 0. The SMILES string of the molecule is CCCCc1cnoc1C. The second kappa shape index (κ2) is 3.40. The number of rotatable bonds is 3. The maximum atomic E-state index is 4.91. The lowest BCUT2D eigenvalue weighted by molar-refractivity contribution is 0.396. The van der Waals surface area contributed by atoms with Gasteiger partial charge in [-0.3, -0.25) is 0 Å². The molecule has 0 fully saturated rings. The van der Waals surface area contributed by atoms with Crippen LogP contribution in [0.3, 0.4) is 0 Å². The fourth-order valence-electron chi connectivity index (χ4n) is 0.926. The van der Waals surface area contributed by atoms with Crippen molar-refractivity contribution < 1.29 is 4.52 Å². The number of nitrogens with zero attached hydrogens (tertiary/aromatic N) is 1. The zero-order valence-electron chi connectivity index (χ0n) is 6.55. The maximum absolute atomic E-state index is 4.91. The van der Waals surface area contributed by atoms with Crippen molar-refractivity contribution in [3.63, 3.8) is 0 Å². The molecular formula is C8H13NO. The van der Waals surface area contributed by atoms with Gasteiger partial charge in [-0.15, -0.1) is 0 Å². The average molecular weight is 139 g/mol. The van der Waals surface area contributed by atoms with Gasteiger partial charge in [0.05, 0.1) is 6.20 Å². The Morgan fingerprint density at radius 1 is 1.60 bits per heavy atom. The van der Waals surface area contributed by atoms with Crippen molar-refractivity contribution in [2.75, 3.05) is 0 Å². The summed E-state index contributed by atoms with van der Waals surface area (Å²) in [5.74, 6) is 0.966. The molecule has 0 saturated carbocycles. The molecule has 1 aromatic heterocycles. The summed E-state index contributed by atoms with van der Waals surface area (Å²) in [6.45, 7) is 4.14. The van der Waals surface area contributed by atoms with Gasteiger partial charge in [0.1, 0.15) is 5.76 Å². The molecule has 2 heteroatoms. The van der Waals surface area contributed by atoms with Gasteiger partial charge in [0.15, 0.2) is 0 Å². The number of aryl methyl sites for hydroxylation is 2. The van der Waals surface area contributed by atoms with Crippen LogP contribution in [0.15, 0.2) is 10.7 Å². The van der Waals surface area contributed by atoms with Gasteiger partial charge in [-0.1, -0.05) is 18.5 Å². The molecule has 1 heterocycles. The molecule has 0 aliphatic rings. The molecule has 0 saturated heterocycles. The van der Waals surface area contributed by atoms with Crippen LogP contribution in [0.2, 0.25) is 0 Å². The molecule has 1 rings (SSSR count). The summed E-state index contributed by atoms with van der Waals surface area (Å²) in [7, 11) is 0. The molecule has 0 atom stereocenters. The molecule has 0 unspecified atom stereocenters. The summed E-state index contributed by atoms with van der Waals surface area (Å²) in [4.78, 5) is 0. The molecule has 10 heavy (non-hydrogen) atoms. The van der Waals surface area contributed by atoms with E-state index >= 15 is 0 Å². The minimum Gasteiger partial charge on any atom is -0.361 e. The fourth-order valence-corrected chi connectivity index (χ4v) is 0.926. The van der Waals surface area contributed by atoms with Gasteiger partial charge >= 0.3 is 0 Å². The first-order valence-electron chi connectivity index (χ1n) is 3.74. The maximum Gasteiger partial charge on any atom is 0.136 e. The van der Waals surface area contributed by atoms with Crippen molar-refractivity contribution in [3.05, 3.63) is 17.5 Å². The molecule has 1 aromatic rings. The van der Waals surface area contributed by atoms with Crippen molar-refractivity contribution >= 4 is 0 Å². The largest absolute Gasteiger partial charge is 0.361 e. The summed E-state index contributed by atoms with van der Waals surface area (Å²) in [5.41, 5.74) is 1.25. The quantitative estimate of drug-likeness (QED) is 0.642. The van der Waals surface area contributed by atoms with Gasteiger partial charge in [0.2, 0.25) is 0 Å². The highest BCUT2D eigenvalue weighted by atomic mass is 16.5. The standard InChI is InChI=1S/C8H13NO/c1-3-4-5-8-6-9-10-7(8)2/h6H,3-5H2,1-2H3. The molecular weight excluding hydrogens is 126 g/mol. The van der Waals surface area contributed by atoms with Gasteiger partial charge in [-0.05, 0) is 19.8 Å². The van der Waals surface area contributed by atoms with Crippen LogP contribution in [0.1, 0.15) is 31.1 Å². The van der Waals surface area contributed by atoms with Gasteiger partial charge in [-0.2, -0.15) is 0 Å². The Labute approximate surface area is 61.2 Å². The lowest BCUT2D eigenvalue weighted by Gasteiger charge is -1.92. The zero-order valence-corrected chi connectivity index (χ0v) is 6.55. The highest BCUT2D eigenvalue weighted by molar-refractivity contribution is 5.11. The summed E-state index contributed by atoms with van der Waals surface area (Å²) in [6.07, 6.45) is 5.36. The molecule has 0 N–H and O–H groups in total. The van der Waals surface area contributed by atoms with Crippen LogP contribution < -0.4 is 0 Å². The van der Waals surface area contributed by atoms with E-state index in [9.17, 15) is 0 Å². The van der Waals surface area contributed by atoms with Crippen LogP contribution >= 0.6 is 0 Å². The Morgan fingerprint density at radius 2 is 2.40 bits per heavy atom. The van der Waals surface area contributed by atoms with E-state index in [2.05, 4.69) is 12.1 Å². The van der Waals surface area contributed by atoms with Crippen molar-refractivity contribution in [2.24, 2.45) is 0 Å². The Hall–Kier alpha value is -0.790. The predicted octanol–water partition coefficient (Wildman–Crippen LogP) is 2.33. The van der Waals surface area contributed by atoms with E-state index in [0.717, 1.165) is 12.2 Å². The molecule has 0 amide bonds. The molecule has 0 radical (unpaired) electrons. The normalized spacial score (nSPS) is 10.2. The lowest BCUT2D eigenvalue weighted by atomic mass is 10.1. The lowest BCUT2D eigenvalue weighted by Crippen LogP contribution is -1.82. The second-order valence-electron chi connectivity index (χ2n) is 2.51. The first kappa shape index (κ1) is 7.32. The van der Waals surface area contributed by atoms with Gasteiger partial charge < -0.3 is 4.52 Å². The number of hydrogen-bond donors (Lipinski definition) is 0. The third kappa shape index (κ3) is 1.59. The van der Waals surface area contributed by atoms with Crippen LogP contribution in [0.4, 0.5) is 0 Å². The third-order valence-corrected chi connectivity index (χ3v) is 1.65. The highest BCUT2D eigenvalue weighted by Gasteiger charge is 2.00. The van der Waals surface area contributed by atoms with E-state index in [0.29, 0.717) is 0 Å². The van der Waals surface area contributed by atoms with E-state index in [-0.39, 0.29) is 0 Å². The van der Waals surface area contributed by atoms with Crippen LogP contribution in [0.25, 0.3) is 0 Å². The van der Waals surface area contributed by atoms with Crippen LogP contribution in [0, 0.1) is 6.92 Å². The predicted molar refractivity (Wildman–Crippen MR) is 39.9 cm³/mol. The molecule has 0 aliphatic carbocycles. The van der Waals surface area contributed by atoms with Gasteiger partial charge in [0, 0.05) is 5.56 Å². The molecule has 0 spiro atoms. The molecule has 0 bridgehead atoms. The first-order chi connectivity index (χ1) is 4.84. The molecule has 0 aliphatic heterocycles. The second-order valence-corrected chi connectivity index (χ2v) is 2.51. The van der Waals surface area contributed by atoms with E-state index in [4.69, 9.17) is 4.52 Å². The fraction of sp³-hybridized carbons (Fsp3) is 0.625. The van der Waals surface area contributed by atoms with Crippen LogP contribution in [-0.4, -0.2) is 5.16 Å². The molecule has 0 aromatic carbocycles. The summed E-state index contributed by atoms with van der Waals surface area (Å²) in [5, 5.41) is 3.70. The summed E-state index contributed by atoms with van der Waals surface area (Å²) < 4.78 is 4.91. The third-order valence-electron chi connectivity index (χ3n) is 1.65. The van der Waals surface area contributed by atoms with Gasteiger partial charge in [-0.25, -0.2) is 0 Å². The van der Waals surface area contributed by atoms with Crippen LogP contribution in [0.5, 0.6) is 0 Å². The zero-order chi connectivity index (χ0) is 7.40. The van der Waals surface area contributed by atoms with E-state index < -0.39 is 0 Å². The first-order valence-corrected chi connectivity index (χ1v) is 3.74. The van der Waals surface area contributed by atoms with Crippen molar-refractivity contribution in [3.8, 4) is 0 Å². The highest BCUT2D eigenvalue weighted by Crippen LogP contribution is 2.08. The van der Waals surface area contributed by atoms with E-state index in [1.54, 1.807) is 0 Å². The Balaban J connectivity index is 2.49. The number of aromatic nitrogens is 1. The van der Waals surface area contributed by atoms with Crippen LogP contribution in [-0.2, 0) is 6.42 Å². The number of hydrogen-bond acceptors (Lipinski definition) is 2. The monoisotopic (exact) mass is 139 g/mol. The molecule has 2 nitrogen and oxygen atoms in total. The van der Waals surface area contributed by atoms with Crippen molar-refractivity contribution in [1.29, 1.82) is 0 Å². The average Bonchev–Trinajstić information content (AvgIpc) is 2.31. The topological polar surface area (TPSA) is 26.0 Å². The smallest absolute Gasteiger partial charge is 0.136 e. The van der Waals surface area contributed by atoms with E-state index in [1.807, 2.05) is 13.1 Å². The Bertz CT molecular complexity index is 193. The Morgan fingerprint density at radius 3 is 2.90 bits per heavy atom. The van der Waals surface area contributed by atoms with Crippen molar-refractivity contribution in [1.82, 2.24) is 5.16 Å². The molecule has 56 valence electrons. The van der Waals surface area contributed by atoms with Gasteiger partial charge in [0.25, 0.3) is 0 Å². The number of unbranched alkanes of at least 4 members (excludes halogenated alkanes) is 1. The van der Waals surface area contributed by atoms with E-state index in [1.165, 1.54) is 18.4 Å². The summed E-state index contributed by atoms with van der Waals surface area (Å²) >= 11 is 0. The minimum absolute atomic E-state index is 0.966.